The van der Waals surface area contributed by atoms with Crippen LogP contribution in [0.2, 0.25) is 0 Å². The van der Waals surface area contributed by atoms with Crippen LogP contribution in [0.3, 0.4) is 0 Å². The standard InChI is InChI=1S/C13H16O5/c14-10-5-9(6-11(15)12(10)16)13(17)18-7-8-3-1-2-4-8/h5-6,8,14-16H,1-4,7H2. The fraction of sp³-hybridized carbons (Fsp3) is 0.462. The Morgan fingerprint density at radius 3 is 2.28 bits per heavy atom. The SMILES string of the molecule is O=C(OCC1CCCC1)c1cc(O)c(O)c(O)c1. The molecular formula is C13H16O5. The fourth-order valence-electron chi connectivity index (χ4n) is 2.18. The Hall–Kier alpha value is -1.91. The summed E-state index contributed by atoms with van der Waals surface area (Å²) in [7, 11) is 0. The van der Waals surface area contributed by atoms with E-state index in [1.165, 1.54) is 12.8 Å². The lowest BCUT2D eigenvalue weighted by atomic mass is 10.1. The van der Waals surface area contributed by atoms with Gasteiger partial charge in [-0.2, -0.15) is 0 Å². The lowest BCUT2D eigenvalue weighted by Crippen LogP contribution is -2.12. The Balaban J connectivity index is 2.00. The molecule has 0 unspecified atom stereocenters. The summed E-state index contributed by atoms with van der Waals surface area (Å²) >= 11 is 0. The average molecular weight is 252 g/mol. The molecule has 1 saturated carbocycles. The van der Waals surface area contributed by atoms with Crippen molar-refractivity contribution in [3.63, 3.8) is 0 Å². The Morgan fingerprint density at radius 2 is 1.72 bits per heavy atom. The maximum atomic E-state index is 11.7. The van der Waals surface area contributed by atoms with E-state index in [1.54, 1.807) is 0 Å². The number of esters is 1. The molecule has 1 aliphatic carbocycles. The first kappa shape index (κ1) is 12.5. The highest BCUT2D eigenvalue weighted by Crippen LogP contribution is 2.35. The van der Waals surface area contributed by atoms with Crippen LogP contribution < -0.4 is 0 Å². The van der Waals surface area contributed by atoms with Crippen LogP contribution in [-0.4, -0.2) is 27.9 Å². The van der Waals surface area contributed by atoms with Crippen molar-refractivity contribution in [1.29, 1.82) is 0 Å². The lowest BCUT2D eigenvalue weighted by Gasteiger charge is -2.10. The molecule has 18 heavy (non-hydrogen) atoms. The maximum Gasteiger partial charge on any atom is 0.338 e. The van der Waals surface area contributed by atoms with Crippen LogP contribution in [0.5, 0.6) is 17.2 Å². The van der Waals surface area contributed by atoms with Gasteiger partial charge in [0.1, 0.15) is 0 Å². The van der Waals surface area contributed by atoms with Crippen LogP contribution in [-0.2, 0) is 4.74 Å². The monoisotopic (exact) mass is 252 g/mol. The smallest absolute Gasteiger partial charge is 0.338 e. The van der Waals surface area contributed by atoms with Crippen molar-refractivity contribution < 1.29 is 24.9 Å². The molecule has 0 aliphatic heterocycles. The van der Waals surface area contributed by atoms with Gasteiger partial charge in [0.15, 0.2) is 17.2 Å². The van der Waals surface area contributed by atoms with Gasteiger partial charge >= 0.3 is 5.97 Å². The van der Waals surface area contributed by atoms with Gasteiger partial charge in [0, 0.05) is 0 Å². The minimum Gasteiger partial charge on any atom is -0.504 e. The first-order valence-corrected chi connectivity index (χ1v) is 6.00. The highest BCUT2D eigenvalue weighted by molar-refractivity contribution is 5.91. The molecule has 2 rings (SSSR count). The zero-order valence-electron chi connectivity index (χ0n) is 9.93. The minimum absolute atomic E-state index is 0.0285. The number of carbonyl (C=O) groups is 1. The van der Waals surface area contributed by atoms with Gasteiger partial charge in [-0.05, 0) is 30.9 Å². The zero-order chi connectivity index (χ0) is 13.1. The van der Waals surface area contributed by atoms with Crippen LogP contribution in [0, 0.1) is 5.92 Å². The third kappa shape index (κ3) is 2.67. The molecule has 1 aromatic carbocycles. The second-order valence-electron chi connectivity index (χ2n) is 4.61. The van der Waals surface area contributed by atoms with Crippen molar-refractivity contribution in [1.82, 2.24) is 0 Å². The summed E-state index contributed by atoms with van der Waals surface area (Å²) < 4.78 is 5.12. The van der Waals surface area contributed by atoms with Gasteiger partial charge in [-0.1, -0.05) is 12.8 Å². The van der Waals surface area contributed by atoms with E-state index >= 15 is 0 Å². The number of hydrogen-bond acceptors (Lipinski definition) is 5. The van der Waals surface area contributed by atoms with E-state index in [-0.39, 0.29) is 5.56 Å². The number of benzene rings is 1. The second-order valence-corrected chi connectivity index (χ2v) is 4.61. The average Bonchev–Trinajstić information content (AvgIpc) is 2.85. The molecular weight excluding hydrogens is 236 g/mol. The van der Waals surface area contributed by atoms with Crippen molar-refractivity contribution in [2.45, 2.75) is 25.7 Å². The van der Waals surface area contributed by atoms with E-state index in [1.807, 2.05) is 0 Å². The van der Waals surface area contributed by atoms with E-state index in [0.29, 0.717) is 12.5 Å². The molecule has 0 heterocycles. The summed E-state index contributed by atoms with van der Waals surface area (Å²) in [5.74, 6) is -1.91. The number of phenolic OH excluding ortho intramolecular Hbond substituents is 3. The summed E-state index contributed by atoms with van der Waals surface area (Å²) in [6, 6.07) is 2.15. The summed E-state index contributed by atoms with van der Waals surface area (Å²) in [6.45, 7) is 0.362. The van der Waals surface area contributed by atoms with Crippen molar-refractivity contribution in [2.24, 2.45) is 5.92 Å². The number of hydrogen-bond donors (Lipinski definition) is 3. The van der Waals surface area contributed by atoms with Gasteiger partial charge in [-0.15, -0.1) is 0 Å². The van der Waals surface area contributed by atoms with Crippen LogP contribution in [0.4, 0.5) is 0 Å². The van der Waals surface area contributed by atoms with Crippen LogP contribution in [0.15, 0.2) is 12.1 Å². The fourth-order valence-corrected chi connectivity index (χ4v) is 2.18. The molecule has 1 fully saturated rings. The van der Waals surface area contributed by atoms with Crippen molar-refractivity contribution >= 4 is 5.97 Å². The van der Waals surface area contributed by atoms with Crippen molar-refractivity contribution in [2.75, 3.05) is 6.61 Å². The van der Waals surface area contributed by atoms with Gasteiger partial charge in [-0.3, -0.25) is 0 Å². The van der Waals surface area contributed by atoms with Gasteiger partial charge in [0.25, 0.3) is 0 Å². The molecule has 1 aliphatic rings. The highest BCUT2D eigenvalue weighted by Gasteiger charge is 2.19. The molecule has 98 valence electrons. The Kier molecular flexibility index (Phi) is 3.60. The van der Waals surface area contributed by atoms with E-state index in [2.05, 4.69) is 0 Å². The summed E-state index contributed by atoms with van der Waals surface area (Å²) in [4.78, 5) is 11.7. The molecule has 0 bridgehead atoms. The summed E-state index contributed by atoms with van der Waals surface area (Å²) in [5.41, 5.74) is 0.0285. The number of carbonyl (C=O) groups excluding carboxylic acids is 1. The first-order valence-electron chi connectivity index (χ1n) is 6.00. The molecule has 0 radical (unpaired) electrons. The zero-order valence-corrected chi connectivity index (χ0v) is 9.93. The molecule has 0 saturated heterocycles. The van der Waals surface area contributed by atoms with Gasteiger partial charge in [-0.25, -0.2) is 4.79 Å². The first-order chi connectivity index (χ1) is 8.58. The molecule has 5 nitrogen and oxygen atoms in total. The Morgan fingerprint density at radius 1 is 1.17 bits per heavy atom. The Bertz CT molecular complexity index is 426. The third-order valence-corrected chi connectivity index (χ3v) is 3.23. The maximum absolute atomic E-state index is 11.7. The summed E-state index contributed by atoms with van der Waals surface area (Å²) in [5, 5.41) is 27.7. The molecule has 0 aromatic heterocycles. The number of phenols is 3. The van der Waals surface area contributed by atoms with Crippen molar-refractivity contribution in [3.05, 3.63) is 17.7 Å². The van der Waals surface area contributed by atoms with Gasteiger partial charge < -0.3 is 20.1 Å². The van der Waals surface area contributed by atoms with Crippen LogP contribution in [0.25, 0.3) is 0 Å². The quantitative estimate of drug-likeness (QED) is 0.566. The minimum atomic E-state index is -0.637. The van der Waals surface area contributed by atoms with Crippen LogP contribution >= 0.6 is 0 Å². The predicted molar refractivity (Wildman–Crippen MR) is 63.7 cm³/mol. The van der Waals surface area contributed by atoms with Gasteiger partial charge in [0.2, 0.25) is 0 Å². The van der Waals surface area contributed by atoms with Crippen LogP contribution in [0.1, 0.15) is 36.0 Å². The molecule has 0 spiro atoms. The Labute approximate surface area is 105 Å². The highest BCUT2D eigenvalue weighted by atomic mass is 16.5. The van der Waals surface area contributed by atoms with E-state index in [0.717, 1.165) is 25.0 Å². The number of aromatic hydroxyl groups is 3. The third-order valence-electron chi connectivity index (χ3n) is 3.23. The molecule has 1 aromatic rings. The second kappa shape index (κ2) is 5.16. The summed E-state index contributed by atoms with van der Waals surface area (Å²) in [6.07, 6.45) is 4.48. The number of rotatable bonds is 3. The number of ether oxygens (including phenoxy) is 1. The molecule has 5 heteroatoms. The van der Waals surface area contributed by atoms with E-state index in [4.69, 9.17) is 9.84 Å². The molecule has 0 atom stereocenters. The normalized spacial score (nSPS) is 15.8. The lowest BCUT2D eigenvalue weighted by molar-refractivity contribution is 0.0441. The molecule has 0 amide bonds. The van der Waals surface area contributed by atoms with E-state index < -0.39 is 23.2 Å². The van der Waals surface area contributed by atoms with Gasteiger partial charge in [0.05, 0.1) is 12.2 Å². The largest absolute Gasteiger partial charge is 0.504 e. The van der Waals surface area contributed by atoms with Crippen molar-refractivity contribution in [3.8, 4) is 17.2 Å². The van der Waals surface area contributed by atoms with E-state index in [9.17, 15) is 15.0 Å². The topological polar surface area (TPSA) is 87.0 Å². The predicted octanol–water partition coefficient (Wildman–Crippen LogP) is 2.15. The molecule has 3 N–H and O–H groups in total.